The van der Waals surface area contributed by atoms with Gasteiger partial charge < -0.3 is 19.3 Å². The molecule has 0 radical (unpaired) electrons. The number of methoxy groups -OCH3 is 2. The first kappa shape index (κ1) is 17.4. The topological polar surface area (TPSA) is 24.9 Å². The molecule has 0 N–H and O–H groups in total. The highest BCUT2D eigenvalue weighted by molar-refractivity contribution is 7.28. The van der Waals surface area contributed by atoms with Crippen LogP contribution in [0.15, 0.2) is 30.3 Å². The number of hydrogen-bond donors (Lipinski definition) is 0. The van der Waals surface area contributed by atoms with Crippen molar-refractivity contribution < 1.29 is 9.47 Å². The zero-order chi connectivity index (χ0) is 17.1. The molecule has 0 spiro atoms. The van der Waals surface area contributed by atoms with E-state index in [-0.39, 0.29) is 0 Å². The van der Waals surface area contributed by atoms with Crippen LogP contribution in [0.3, 0.4) is 0 Å². The van der Waals surface area contributed by atoms with Gasteiger partial charge in [0.1, 0.15) is 11.5 Å². The van der Waals surface area contributed by atoms with Crippen LogP contribution in [0.1, 0.15) is 0 Å². The van der Waals surface area contributed by atoms with Gasteiger partial charge in [-0.25, -0.2) is 0 Å². The van der Waals surface area contributed by atoms with Crippen molar-refractivity contribution >= 4 is 25.9 Å². The first-order valence-corrected chi connectivity index (χ1v) is 7.98. The second kappa shape index (κ2) is 7.10. The molecule has 2 aromatic carbocycles. The van der Waals surface area contributed by atoms with Crippen LogP contribution < -0.4 is 24.6 Å². The average molecular weight is 332 g/mol. The first-order valence-electron chi connectivity index (χ1n) is 7.40. The SMILES string of the molecule is COc1ccc(OC)c(-c2c(N(C)C)cccc2N(C)C)c1P. The highest BCUT2D eigenvalue weighted by Crippen LogP contribution is 2.43. The largest absolute Gasteiger partial charge is 0.496 e. The lowest BCUT2D eigenvalue weighted by Crippen LogP contribution is -2.17. The molecule has 1 unspecified atom stereocenters. The minimum Gasteiger partial charge on any atom is -0.496 e. The Morgan fingerprint density at radius 1 is 0.739 bits per heavy atom. The summed E-state index contributed by atoms with van der Waals surface area (Å²) in [6.07, 6.45) is 0. The van der Waals surface area contributed by atoms with Crippen LogP contribution in [0.5, 0.6) is 11.5 Å². The molecule has 0 heterocycles. The van der Waals surface area contributed by atoms with Crippen molar-refractivity contribution in [3.63, 3.8) is 0 Å². The van der Waals surface area contributed by atoms with Gasteiger partial charge in [0.15, 0.2) is 0 Å². The van der Waals surface area contributed by atoms with E-state index in [4.69, 9.17) is 9.47 Å². The molecular formula is C18H25N2O2P. The molecule has 0 aliphatic heterocycles. The number of anilines is 2. The van der Waals surface area contributed by atoms with Crippen molar-refractivity contribution in [1.29, 1.82) is 0 Å². The molecule has 1 atom stereocenters. The van der Waals surface area contributed by atoms with Crippen LogP contribution in [0.25, 0.3) is 11.1 Å². The van der Waals surface area contributed by atoms with Crippen LogP contribution >= 0.6 is 9.24 Å². The second-order valence-corrected chi connectivity index (χ2v) is 6.30. The molecule has 23 heavy (non-hydrogen) atoms. The smallest absolute Gasteiger partial charge is 0.127 e. The highest BCUT2D eigenvalue weighted by Gasteiger charge is 2.21. The summed E-state index contributed by atoms with van der Waals surface area (Å²) in [5.74, 6) is 1.65. The van der Waals surface area contributed by atoms with E-state index in [0.717, 1.165) is 39.3 Å². The van der Waals surface area contributed by atoms with Crippen molar-refractivity contribution in [3.05, 3.63) is 30.3 Å². The molecule has 0 aromatic heterocycles. The summed E-state index contributed by atoms with van der Waals surface area (Å²) in [5.41, 5.74) is 4.42. The van der Waals surface area contributed by atoms with Crippen molar-refractivity contribution in [2.24, 2.45) is 0 Å². The van der Waals surface area contributed by atoms with Gasteiger partial charge in [-0.15, -0.1) is 9.24 Å². The van der Waals surface area contributed by atoms with Crippen molar-refractivity contribution in [2.45, 2.75) is 0 Å². The maximum atomic E-state index is 5.64. The summed E-state index contributed by atoms with van der Waals surface area (Å²) in [6.45, 7) is 0. The molecule has 0 saturated carbocycles. The van der Waals surface area contributed by atoms with Gasteiger partial charge in [0.2, 0.25) is 0 Å². The molecule has 2 aromatic rings. The molecule has 0 amide bonds. The van der Waals surface area contributed by atoms with Crippen LogP contribution in [-0.2, 0) is 0 Å². The van der Waals surface area contributed by atoms with E-state index >= 15 is 0 Å². The van der Waals surface area contributed by atoms with Gasteiger partial charge in [0.05, 0.1) is 14.2 Å². The van der Waals surface area contributed by atoms with Crippen LogP contribution in [0, 0.1) is 0 Å². The van der Waals surface area contributed by atoms with E-state index in [2.05, 4.69) is 37.2 Å². The van der Waals surface area contributed by atoms with E-state index in [1.807, 2.05) is 40.3 Å². The molecule has 2 rings (SSSR count). The molecule has 0 fully saturated rings. The first-order chi connectivity index (χ1) is 10.9. The maximum absolute atomic E-state index is 5.64. The molecular weight excluding hydrogens is 307 g/mol. The summed E-state index contributed by atoms with van der Waals surface area (Å²) in [5, 5.41) is 0.990. The molecule has 0 aliphatic carbocycles. The van der Waals surface area contributed by atoms with E-state index in [1.165, 1.54) is 0 Å². The number of ether oxygens (including phenoxy) is 2. The third kappa shape index (κ3) is 3.23. The van der Waals surface area contributed by atoms with Gasteiger partial charge in [0.25, 0.3) is 0 Å². The Morgan fingerprint density at radius 3 is 1.65 bits per heavy atom. The van der Waals surface area contributed by atoms with Crippen LogP contribution in [-0.4, -0.2) is 42.4 Å². The van der Waals surface area contributed by atoms with Gasteiger partial charge in [0, 0.05) is 56.0 Å². The summed E-state index contributed by atoms with van der Waals surface area (Å²) >= 11 is 0. The Labute approximate surface area is 141 Å². The highest BCUT2D eigenvalue weighted by atomic mass is 31.0. The van der Waals surface area contributed by atoms with Gasteiger partial charge in [-0.1, -0.05) is 6.07 Å². The number of nitrogens with zero attached hydrogens (tertiary/aromatic N) is 2. The van der Waals surface area contributed by atoms with E-state index < -0.39 is 0 Å². The van der Waals surface area contributed by atoms with Gasteiger partial charge in [-0.3, -0.25) is 0 Å². The minimum absolute atomic E-state index is 0.823. The van der Waals surface area contributed by atoms with E-state index in [0.29, 0.717) is 0 Å². The normalized spacial score (nSPS) is 10.4. The Bertz CT molecular complexity index is 673. The Balaban J connectivity index is 2.90. The maximum Gasteiger partial charge on any atom is 0.127 e. The molecule has 0 bridgehead atoms. The fourth-order valence-electron chi connectivity index (χ4n) is 2.72. The zero-order valence-electron chi connectivity index (χ0n) is 14.7. The van der Waals surface area contributed by atoms with Crippen molar-refractivity contribution in [2.75, 3.05) is 52.2 Å². The number of hydrogen-bond acceptors (Lipinski definition) is 4. The number of rotatable bonds is 5. The minimum atomic E-state index is 0.823. The fourth-order valence-corrected chi connectivity index (χ4v) is 3.22. The van der Waals surface area contributed by atoms with Gasteiger partial charge in [-0.05, 0) is 24.3 Å². The lowest BCUT2D eigenvalue weighted by molar-refractivity contribution is 0.407. The van der Waals surface area contributed by atoms with Crippen molar-refractivity contribution in [1.82, 2.24) is 0 Å². The zero-order valence-corrected chi connectivity index (χ0v) is 15.8. The Morgan fingerprint density at radius 2 is 1.22 bits per heavy atom. The second-order valence-electron chi connectivity index (χ2n) is 5.72. The molecule has 4 nitrogen and oxygen atoms in total. The quantitative estimate of drug-likeness (QED) is 0.786. The Hall–Kier alpha value is -1.93. The monoisotopic (exact) mass is 332 g/mol. The summed E-state index contributed by atoms with van der Waals surface area (Å²) in [6, 6.07) is 10.2. The third-order valence-electron chi connectivity index (χ3n) is 3.84. The van der Waals surface area contributed by atoms with Crippen LogP contribution in [0.2, 0.25) is 0 Å². The number of benzene rings is 2. The van der Waals surface area contributed by atoms with Crippen molar-refractivity contribution in [3.8, 4) is 22.6 Å². The standard InChI is InChI=1S/C18H25N2O2P/c1-19(2)12-8-7-9-13(20(3)4)16(12)17-14(21-5)10-11-15(22-6)18(17)23/h7-11H,23H2,1-6H3. The fraction of sp³-hybridized carbons (Fsp3) is 0.333. The molecule has 124 valence electrons. The van der Waals surface area contributed by atoms with Crippen LogP contribution in [0.4, 0.5) is 11.4 Å². The van der Waals surface area contributed by atoms with E-state index in [1.54, 1.807) is 14.2 Å². The Kier molecular flexibility index (Phi) is 5.38. The lowest BCUT2D eigenvalue weighted by atomic mass is 9.98. The summed E-state index contributed by atoms with van der Waals surface area (Å²) < 4.78 is 11.1. The molecule has 0 aliphatic rings. The van der Waals surface area contributed by atoms with E-state index in [9.17, 15) is 0 Å². The third-order valence-corrected chi connectivity index (χ3v) is 4.41. The molecule has 5 heteroatoms. The van der Waals surface area contributed by atoms with Gasteiger partial charge in [-0.2, -0.15) is 0 Å². The predicted octanol–water partition coefficient (Wildman–Crippen LogP) is 3.00. The lowest BCUT2D eigenvalue weighted by Gasteiger charge is -2.26. The average Bonchev–Trinajstić information content (AvgIpc) is 2.53. The molecule has 0 saturated heterocycles. The predicted molar refractivity (Wildman–Crippen MR) is 103 cm³/mol. The summed E-state index contributed by atoms with van der Waals surface area (Å²) in [4.78, 5) is 4.23. The van der Waals surface area contributed by atoms with Gasteiger partial charge >= 0.3 is 0 Å². The summed E-state index contributed by atoms with van der Waals surface area (Å²) in [7, 11) is 14.4.